The highest BCUT2D eigenvalue weighted by molar-refractivity contribution is 5.59. The van der Waals surface area contributed by atoms with Crippen molar-refractivity contribution >= 4 is 5.65 Å². The summed E-state index contributed by atoms with van der Waals surface area (Å²) >= 11 is 0. The van der Waals surface area contributed by atoms with Crippen LogP contribution in [-0.4, -0.2) is 50.2 Å². The normalized spacial score (nSPS) is 18.1. The van der Waals surface area contributed by atoms with E-state index in [4.69, 9.17) is 4.74 Å². The molecule has 0 bridgehead atoms. The second-order valence-corrected chi connectivity index (χ2v) is 6.33. The number of fused-ring (bicyclic) bond motifs is 1. The highest BCUT2D eigenvalue weighted by Crippen LogP contribution is 2.22. The number of aromatic nitrogens is 4. The van der Waals surface area contributed by atoms with Gasteiger partial charge in [0.2, 0.25) is 5.88 Å². The maximum atomic E-state index is 13.5. The monoisotopic (exact) mass is 341 g/mol. The van der Waals surface area contributed by atoms with Crippen LogP contribution >= 0.6 is 0 Å². The lowest BCUT2D eigenvalue weighted by atomic mass is 10.2. The highest BCUT2D eigenvalue weighted by atomic mass is 19.1. The Morgan fingerprint density at radius 2 is 2.16 bits per heavy atom. The first-order valence-corrected chi connectivity index (χ1v) is 8.50. The van der Waals surface area contributed by atoms with Crippen molar-refractivity contribution in [1.29, 1.82) is 0 Å². The van der Waals surface area contributed by atoms with Gasteiger partial charge >= 0.3 is 0 Å². The molecule has 0 saturated carbocycles. The van der Waals surface area contributed by atoms with Gasteiger partial charge in [-0.3, -0.25) is 9.88 Å². The van der Waals surface area contributed by atoms with Gasteiger partial charge in [0.1, 0.15) is 17.6 Å². The lowest BCUT2D eigenvalue weighted by molar-refractivity contribution is 0.192. The fraction of sp³-hybridized carbons (Fsp3) is 0.389. The summed E-state index contributed by atoms with van der Waals surface area (Å²) in [7, 11) is 0. The Labute approximate surface area is 145 Å². The zero-order valence-electron chi connectivity index (χ0n) is 14.3. The number of ether oxygens (including phenoxy) is 1. The summed E-state index contributed by atoms with van der Waals surface area (Å²) < 4.78 is 21.2. The molecule has 3 aromatic rings. The van der Waals surface area contributed by atoms with Crippen molar-refractivity contribution in [3.05, 3.63) is 42.0 Å². The molecule has 0 aliphatic carbocycles. The van der Waals surface area contributed by atoms with Crippen LogP contribution in [0.2, 0.25) is 0 Å². The maximum absolute atomic E-state index is 13.5. The number of likely N-dealkylation sites (N-methyl/N-ethyl adjacent to an activating group) is 1. The van der Waals surface area contributed by atoms with Crippen LogP contribution in [0.4, 0.5) is 4.39 Å². The predicted octanol–water partition coefficient (Wildman–Crippen LogP) is 2.71. The predicted molar refractivity (Wildman–Crippen MR) is 92.1 cm³/mol. The molecule has 0 aromatic carbocycles. The van der Waals surface area contributed by atoms with Gasteiger partial charge in [0.05, 0.1) is 18.1 Å². The molecule has 1 aliphatic rings. The molecule has 25 heavy (non-hydrogen) atoms. The number of hydrogen-bond acceptors (Lipinski definition) is 5. The summed E-state index contributed by atoms with van der Waals surface area (Å²) in [5, 5.41) is 4.56. The molecule has 3 aromatic heterocycles. The van der Waals surface area contributed by atoms with Gasteiger partial charge in [-0.2, -0.15) is 0 Å². The molecule has 1 unspecified atom stereocenters. The van der Waals surface area contributed by atoms with E-state index in [1.165, 1.54) is 6.20 Å². The lowest BCUT2D eigenvalue weighted by Crippen LogP contribution is -2.24. The van der Waals surface area contributed by atoms with Gasteiger partial charge in [-0.15, -0.1) is 5.10 Å². The topological polar surface area (TPSA) is 55.5 Å². The molecule has 1 aliphatic heterocycles. The molecule has 6 nitrogen and oxygen atoms in total. The molecule has 0 N–H and O–H groups in total. The second kappa shape index (κ2) is 6.40. The minimum atomic E-state index is -0.323. The Kier molecular flexibility index (Phi) is 4.09. The van der Waals surface area contributed by atoms with Crippen LogP contribution in [0, 0.1) is 12.7 Å². The average molecular weight is 341 g/mol. The Morgan fingerprint density at radius 3 is 2.92 bits per heavy atom. The molecule has 130 valence electrons. The maximum Gasteiger partial charge on any atom is 0.232 e. The van der Waals surface area contributed by atoms with E-state index in [-0.39, 0.29) is 11.9 Å². The first-order chi connectivity index (χ1) is 12.1. The van der Waals surface area contributed by atoms with E-state index in [1.807, 2.05) is 12.1 Å². The third-order valence-corrected chi connectivity index (χ3v) is 4.61. The molecular formula is C18H20FN5O. The smallest absolute Gasteiger partial charge is 0.232 e. The molecule has 4 rings (SSSR count). The van der Waals surface area contributed by atoms with Crippen molar-refractivity contribution in [2.75, 3.05) is 19.6 Å². The number of nitrogens with zero attached hydrogens (tertiary/aromatic N) is 5. The van der Waals surface area contributed by atoms with Crippen molar-refractivity contribution in [1.82, 2.24) is 24.5 Å². The van der Waals surface area contributed by atoms with E-state index in [9.17, 15) is 4.39 Å². The number of aryl methyl sites for hydroxylation is 1. The van der Waals surface area contributed by atoms with Gasteiger partial charge in [0.15, 0.2) is 5.65 Å². The van der Waals surface area contributed by atoms with Crippen LogP contribution in [0.3, 0.4) is 0 Å². The van der Waals surface area contributed by atoms with E-state index >= 15 is 0 Å². The Balaban J connectivity index is 1.64. The number of likely N-dealkylation sites (tertiary alicyclic amines) is 1. The van der Waals surface area contributed by atoms with Crippen molar-refractivity contribution in [3.63, 3.8) is 0 Å². The van der Waals surface area contributed by atoms with Crippen LogP contribution in [0.1, 0.15) is 18.9 Å². The van der Waals surface area contributed by atoms with Crippen LogP contribution < -0.4 is 4.74 Å². The van der Waals surface area contributed by atoms with Crippen molar-refractivity contribution in [2.24, 2.45) is 0 Å². The Morgan fingerprint density at radius 1 is 1.28 bits per heavy atom. The summed E-state index contributed by atoms with van der Waals surface area (Å²) in [6.45, 7) is 6.88. The highest BCUT2D eigenvalue weighted by Gasteiger charge is 2.23. The first-order valence-electron chi connectivity index (χ1n) is 8.50. The third kappa shape index (κ3) is 3.07. The summed E-state index contributed by atoms with van der Waals surface area (Å²) in [5.41, 5.74) is 2.59. The minimum Gasteiger partial charge on any atom is -0.472 e. The lowest BCUT2D eigenvalue weighted by Gasteiger charge is -2.14. The number of pyridine rings is 1. The summed E-state index contributed by atoms with van der Waals surface area (Å²) in [6, 6.07) is 5.41. The molecule has 1 atom stereocenters. The summed E-state index contributed by atoms with van der Waals surface area (Å²) in [4.78, 5) is 10.9. The van der Waals surface area contributed by atoms with Crippen LogP contribution in [-0.2, 0) is 0 Å². The Hall–Kier alpha value is -2.54. The van der Waals surface area contributed by atoms with E-state index in [2.05, 4.69) is 26.9 Å². The average Bonchev–Trinajstić information content (AvgIpc) is 3.24. The van der Waals surface area contributed by atoms with Crippen molar-refractivity contribution in [3.8, 4) is 17.3 Å². The molecule has 1 saturated heterocycles. The van der Waals surface area contributed by atoms with E-state index in [0.717, 1.165) is 26.1 Å². The van der Waals surface area contributed by atoms with Gasteiger partial charge < -0.3 is 4.74 Å². The van der Waals surface area contributed by atoms with Gasteiger partial charge in [0.25, 0.3) is 0 Å². The molecule has 7 heteroatoms. The van der Waals surface area contributed by atoms with Gasteiger partial charge in [0, 0.05) is 19.2 Å². The van der Waals surface area contributed by atoms with Gasteiger partial charge in [-0.05, 0) is 37.6 Å². The quantitative estimate of drug-likeness (QED) is 0.730. The minimum absolute atomic E-state index is 0.156. The zero-order valence-corrected chi connectivity index (χ0v) is 14.3. The number of imidazole rings is 1. The SMILES string of the molecule is CCN1CCC(Oc2ccc3ncc(-c4cc(C)c(F)cn4)n3n2)C1. The summed E-state index contributed by atoms with van der Waals surface area (Å²) in [5.74, 6) is 0.241. The molecule has 1 fully saturated rings. The van der Waals surface area contributed by atoms with E-state index in [1.54, 1.807) is 23.7 Å². The number of rotatable bonds is 4. The zero-order chi connectivity index (χ0) is 17.4. The standard InChI is InChI=1S/C18H20FN5O/c1-3-23-7-6-13(11-23)25-18-5-4-17-21-10-16(24(17)22-18)15-8-12(2)14(19)9-20-15/h4-5,8-10,13H,3,6-7,11H2,1-2H3. The Bertz CT molecular complexity index is 910. The van der Waals surface area contributed by atoms with Crippen LogP contribution in [0.25, 0.3) is 17.0 Å². The molecular weight excluding hydrogens is 321 g/mol. The largest absolute Gasteiger partial charge is 0.472 e. The van der Waals surface area contributed by atoms with E-state index < -0.39 is 0 Å². The molecule has 0 amide bonds. The number of hydrogen-bond donors (Lipinski definition) is 0. The molecule has 4 heterocycles. The fourth-order valence-corrected chi connectivity index (χ4v) is 3.12. The van der Waals surface area contributed by atoms with E-state index in [0.29, 0.717) is 28.5 Å². The molecule has 0 radical (unpaired) electrons. The van der Waals surface area contributed by atoms with Gasteiger partial charge in [-0.1, -0.05) is 6.92 Å². The van der Waals surface area contributed by atoms with Crippen molar-refractivity contribution < 1.29 is 9.13 Å². The van der Waals surface area contributed by atoms with Crippen LogP contribution in [0.5, 0.6) is 5.88 Å². The van der Waals surface area contributed by atoms with Crippen molar-refractivity contribution in [2.45, 2.75) is 26.4 Å². The van der Waals surface area contributed by atoms with Crippen LogP contribution in [0.15, 0.2) is 30.6 Å². The second-order valence-electron chi connectivity index (χ2n) is 6.33. The fourth-order valence-electron chi connectivity index (χ4n) is 3.12. The third-order valence-electron chi connectivity index (χ3n) is 4.61. The number of halogens is 1. The van der Waals surface area contributed by atoms with Gasteiger partial charge in [-0.25, -0.2) is 13.9 Å². The molecule has 0 spiro atoms. The first kappa shape index (κ1) is 16.0. The summed E-state index contributed by atoms with van der Waals surface area (Å²) in [6.07, 6.45) is 4.08.